The van der Waals surface area contributed by atoms with Crippen LogP contribution in [0.4, 0.5) is 0 Å². The minimum atomic E-state index is -2.37. The topological polar surface area (TPSA) is 269 Å². The zero-order valence-corrected chi connectivity index (χ0v) is 17.8. The van der Waals surface area contributed by atoms with Crippen molar-refractivity contribution in [2.45, 2.75) is 78.9 Å². The van der Waals surface area contributed by atoms with Gasteiger partial charge in [-0.05, 0) is 0 Å². The Morgan fingerprint density at radius 2 is 1.09 bits per heavy atom. The van der Waals surface area contributed by atoms with Crippen LogP contribution in [-0.2, 0) is 23.7 Å². The fraction of sp³-hybridized carbons (Fsp3) is 1.00. The summed E-state index contributed by atoms with van der Waals surface area (Å²) in [5.41, 5.74) is 0. The zero-order chi connectivity index (χ0) is 25.4. The first-order chi connectivity index (χ1) is 16.0. The van der Waals surface area contributed by atoms with Crippen molar-refractivity contribution in [2.75, 3.05) is 33.0 Å². The first-order valence-corrected chi connectivity index (χ1v) is 10.5. The highest BCUT2D eigenvalue weighted by atomic mass is 16.8. The van der Waals surface area contributed by atoms with Crippen molar-refractivity contribution in [1.29, 1.82) is 0 Å². The van der Waals surface area contributed by atoms with Gasteiger partial charge in [0.25, 0.3) is 0 Å². The molecule has 0 spiro atoms. The van der Waals surface area contributed by atoms with Gasteiger partial charge in [0.2, 0.25) is 11.6 Å². The third kappa shape index (κ3) is 4.71. The van der Waals surface area contributed by atoms with Crippen molar-refractivity contribution < 1.29 is 79.9 Å². The van der Waals surface area contributed by atoms with Crippen LogP contribution in [0.5, 0.6) is 0 Å². The second kappa shape index (κ2) is 10.8. The van der Waals surface area contributed by atoms with E-state index in [0.29, 0.717) is 0 Å². The highest BCUT2D eigenvalue weighted by Gasteiger charge is 2.59. The summed E-state index contributed by atoms with van der Waals surface area (Å²) in [6.45, 7) is -4.23. The van der Waals surface area contributed by atoms with Crippen LogP contribution in [0.3, 0.4) is 0 Å². The van der Waals surface area contributed by atoms with Crippen molar-refractivity contribution in [2.24, 2.45) is 0 Å². The molecule has 0 unspecified atom stereocenters. The molecule has 0 aromatic rings. The third-order valence-corrected chi connectivity index (χ3v) is 6.29. The maximum atomic E-state index is 10.3. The van der Waals surface area contributed by atoms with Crippen molar-refractivity contribution in [3.8, 4) is 0 Å². The van der Waals surface area contributed by atoms with E-state index >= 15 is 0 Å². The molecule has 13 atom stereocenters. The van der Waals surface area contributed by atoms with Crippen LogP contribution >= 0.6 is 0 Å². The minimum absolute atomic E-state index is 0.709. The van der Waals surface area contributed by atoms with Gasteiger partial charge in [-0.15, -0.1) is 0 Å². The number of hydrogen-bond donors (Lipinski definition) is 11. The molecule has 3 heterocycles. The van der Waals surface area contributed by atoms with Gasteiger partial charge >= 0.3 is 0 Å². The largest absolute Gasteiger partial charge is 0.394 e. The molecule has 11 N–H and O–H groups in total. The van der Waals surface area contributed by atoms with Gasteiger partial charge in [-0.3, -0.25) is 0 Å². The number of ether oxygens (including phenoxy) is 5. The Kier molecular flexibility index (Phi) is 8.85. The van der Waals surface area contributed by atoms with Gasteiger partial charge in [0.05, 0.1) is 19.8 Å². The maximum absolute atomic E-state index is 10.3. The summed E-state index contributed by atoms with van der Waals surface area (Å²) in [5.74, 6) is -4.59. The smallest absolute Gasteiger partial charge is 0.224 e. The lowest BCUT2D eigenvalue weighted by molar-refractivity contribution is -0.389. The lowest BCUT2D eigenvalue weighted by Crippen LogP contribution is -2.63. The molecule has 3 saturated heterocycles. The molecule has 34 heavy (non-hydrogen) atoms. The number of aliphatic hydroxyl groups excluding tert-OH is 11. The first-order valence-electron chi connectivity index (χ1n) is 10.5. The Labute approximate surface area is 192 Å². The van der Waals surface area contributed by atoms with Crippen LogP contribution in [0, 0.1) is 0 Å². The van der Waals surface area contributed by atoms with Gasteiger partial charge in [-0.25, -0.2) is 0 Å². The molecule has 0 amide bonds. The average molecular weight is 504 g/mol. The number of hydrogen-bond acceptors (Lipinski definition) is 16. The molecule has 3 aliphatic rings. The van der Waals surface area contributed by atoms with Crippen molar-refractivity contribution >= 4 is 0 Å². The Bertz CT molecular complexity index is 668. The molecule has 16 heteroatoms. The monoisotopic (exact) mass is 504 g/mol. The predicted octanol–water partition coefficient (Wildman–Crippen LogP) is -7.57. The van der Waals surface area contributed by atoms with Crippen LogP contribution in [0.1, 0.15) is 0 Å². The highest BCUT2D eigenvalue weighted by molar-refractivity contribution is 4.99. The summed E-state index contributed by atoms with van der Waals surface area (Å²) < 4.78 is 26.6. The molecule has 0 bridgehead atoms. The van der Waals surface area contributed by atoms with Crippen LogP contribution in [0.25, 0.3) is 0 Å². The summed E-state index contributed by atoms with van der Waals surface area (Å²) in [7, 11) is 0. The van der Waals surface area contributed by atoms with E-state index < -0.39 is 112 Å². The Morgan fingerprint density at radius 1 is 0.588 bits per heavy atom. The highest BCUT2D eigenvalue weighted by Crippen LogP contribution is 2.37. The lowest BCUT2D eigenvalue weighted by atomic mass is 9.98. The van der Waals surface area contributed by atoms with Crippen LogP contribution < -0.4 is 0 Å². The summed E-state index contributed by atoms with van der Waals surface area (Å²) in [6.07, 6.45) is -18.7. The van der Waals surface area contributed by atoms with Gasteiger partial charge < -0.3 is 79.9 Å². The molecular weight excluding hydrogens is 472 g/mol. The number of aliphatic hydroxyl groups is 11. The Balaban J connectivity index is 1.74. The average Bonchev–Trinajstić information content (AvgIpc) is 3.24. The molecule has 16 nitrogen and oxygen atoms in total. The van der Waals surface area contributed by atoms with Crippen molar-refractivity contribution in [3.05, 3.63) is 0 Å². The molecule has 3 fully saturated rings. The van der Waals surface area contributed by atoms with Gasteiger partial charge in [0, 0.05) is 0 Å². The van der Waals surface area contributed by atoms with E-state index in [1.807, 2.05) is 0 Å². The molecule has 3 aliphatic heterocycles. The van der Waals surface area contributed by atoms with Crippen molar-refractivity contribution in [1.82, 2.24) is 0 Å². The maximum Gasteiger partial charge on any atom is 0.224 e. The van der Waals surface area contributed by atoms with E-state index in [0.717, 1.165) is 0 Å². The second-order valence-electron chi connectivity index (χ2n) is 8.43. The third-order valence-electron chi connectivity index (χ3n) is 6.29. The summed E-state index contributed by atoms with van der Waals surface area (Å²) >= 11 is 0. The van der Waals surface area contributed by atoms with Gasteiger partial charge in [0.1, 0.15) is 74.3 Å². The van der Waals surface area contributed by atoms with E-state index in [-0.39, 0.29) is 0 Å². The lowest BCUT2D eigenvalue weighted by Gasteiger charge is -2.44. The van der Waals surface area contributed by atoms with Crippen LogP contribution in [0.15, 0.2) is 0 Å². The van der Waals surface area contributed by atoms with Gasteiger partial charge in [-0.1, -0.05) is 0 Å². The summed E-state index contributed by atoms with van der Waals surface area (Å²) in [4.78, 5) is 0. The van der Waals surface area contributed by atoms with Gasteiger partial charge in [0.15, 0.2) is 6.29 Å². The quantitative estimate of drug-likeness (QED) is 0.139. The molecule has 0 aromatic carbocycles. The summed E-state index contributed by atoms with van der Waals surface area (Å²) in [5, 5.41) is 109. The van der Waals surface area contributed by atoms with Crippen LogP contribution in [0.2, 0.25) is 0 Å². The molecule has 0 saturated carbocycles. The van der Waals surface area contributed by atoms with E-state index in [9.17, 15) is 56.2 Å². The fourth-order valence-corrected chi connectivity index (χ4v) is 4.14. The van der Waals surface area contributed by atoms with Crippen LogP contribution in [-0.4, -0.2) is 168 Å². The van der Waals surface area contributed by atoms with Crippen molar-refractivity contribution in [3.63, 3.8) is 0 Å². The van der Waals surface area contributed by atoms with E-state index in [4.69, 9.17) is 23.7 Å². The molecule has 3 rings (SSSR count). The fourth-order valence-electron chi connectivity index (χ4n) is 4.14. The SMILES string of the molecule is OC[C@@H]1O[C@](CO)(OC[C@H]2O[C@H](O[C@]3(CO)O[C@H](CO)[C@@H](O)[C@@H]3O)[C@H](O)[C@@H](O)[C@@H]2O)[C@H](O)[C@H]1O. The first kappa shape index (κ1) is 27.9. The Morgan fingerprint density at radius 3 is 1.56 bits per heavy atom. The normalized spacial score (nSPS) is 51.8. The minimum Gasteiger partial charge on any atom is -0.394 e. The number of rotatable bonds is 9. The molecule has 0 aliphatic carbocycles. The summed E-state index contributed by atoms with van der Waals surface area (Å²) in [6, 6.07) is 0. The standard InChI is InChI=1S/C18H32O16/c19-1-6-10(24)14(28)17(4-21,32-6)30-3-8-9(23)12(26)13(27)16(31-8)34-18(5-22)15(29)11(25)7(2-20)33-18/h6-16,19-29H,1-5H2/t6-,7+,8+,9+,10-,11+,12-,13+,14+,15-,16+,17-,18-/m0/s1. The predicted molar refractivity (Wildman–Crippen MR) is 101 cm³/mol. The Hall–Kier alpha value is -0.640. The van der Waals surface area contributed by atoms with E-state index in [1.54, 1.807) is 0 Å². The molecule has 0 radical (unpaired) electrons. The van der Waals surface area contributed by atoms with E-state index in [2.05, 4.69) is 0 Å². The van der Waals surface area contributed by atoms with E-state index in [1.165, 1.54) is 0 Å². The second-order valence-corrected chi connectivity index (χ2v) is 8.43. The molecular formula is C18H32O16. The van der Waals surface area contributed by atoms with Gasteiger partial charge in [-0.2, -0.15) is 0 Å². The molecule has 200 valence electrons. The molecule has 0 aromatic heterocycles. The zero-order valence-electron chi connectivity index (χ0n) is 17.8.